The third kappa shape index (κ3) is 5.49. The fourth-order valence-corrected chi connectivity index (χ4v) is 4.82. The molecule has 0 bridgehead atoms. The highest BCUT2D eigenvalue weighted by Crippen LogP contribution is 2.30. The Morgan fingerprint density at radius 3 is 2.94 bits per heavy atom. The second-order valence-corrected chi connectivity index (χ2v) is 9.24. The molecular weight excluding hydrogens is 453 g/mol. The molecule has 0 radical (unpaired) electrons. The van der Waals surface area contributed by atoms with Crippen LogP contribution < -0.4 is 10.1 Å². The van der Waals surface area contributed by atoms with Crippen LogP contribution in [0.4, 0.5) is 16.0 Å². The summed E-state index contributed by atoms with van der Waals surface area (Å²) in [5, 5.41) is 3.71. The van der Waals surface area contributed by atoms with Crippen molar-refractivity contribution in [3.05, 3.63) is 66.2 Å². The van der Waals surface area contributed by atoms with Crippen LogP contribution in [0.25, 0.3) is 10.9 Å². The maximum Gasteiger partial charge on any atom is 0.230 e. The highest BCUT2D eigenvalue weighted by Gasteiger charge is 2.13. The van der Waals surface area contributed by atoms with Crippen LogP contribution in [-0.2, 0) is 4.74 Å². The van der Waals surface area contributed by atoms with Gasteiger partial charge in [0.15, 0.2) is 11.6 Å². The van der Waals surface area contributed by atoms with Crippen LogP contribution in [0.5, 0.6) is 11.6 Å². The van der Waals surface area contributed by atoms with E-state index in [4.69, 9.17) is 9.47 Å². The molecule has 2 aromatic heterocycles. The first kappa shape index (κ1) is 22.6. The quantitative estimate of drug-likeness (QED) is 0.329. The van der Waals surface area contributed by atoms with Gasteiger partial charge in [0.25, 0.3) is 0 Å². The van der Waals surface area contributed by atoms with Gasteiger partial charge in [0, 0.05) is 64.8 Å². The second-order valence-electron chi connectivity index (χ2n) is 8.07. The third-order valence-electron chi connectivity index (χ3n) is 5.55. The summed E-state index contributed by atoms with van der Waals surface area (Å²) in [7, 11) is 0. The molecule has 1 fully saturated rings. The molecule has 2 N–H and O–H groups in total. The van der Waals surface area contributed by atoms with Gasteiger partial charge in [0.1, 0.15) is 0 Å². The molecule has 34 heavy (non-hydrogen) atoms. The molecule has 0 atom stereocenters. The minimum Gasteiger partial charge on any atom is -0.436 e. The first-order chi connectivity index (χ1) is 16.6. The summed E-state index contributed by atoms with van der Waals surface area (Å²) in [5.74, 6) is 1.36. The number of fused-ring (bicyclic) bond motifs is 1. The number of morpholine rings is 1. The number of hydrogen-bond acceptors (Lipinski definition) is 7. The molecular formula is C25H26FN5O2S. The average Bonchev–Trinajstić information content (AvgIpc) is 3.23. The van der Waals surface area contributed by atoms with Crippen LogP contribution >= 0.6 is 11.8 Å². The topological polar surface area (TPSA) is 75.3 Å². The number of halogens is 1. The highest BCUT2D eigenvalue weighted by atomic mass is 32.2. The highest BCUT2D eigenvalue weighted by molar-refractivity contribution is 7.99. The number of aryl methyl sites for hydroxylation is 1. The number of hydrogen-bond donors (Lipinski definition) is 2. The minimum atomic E-state index is -0.420. The first-order valence-electron chi connectivity index (χ1n) is 11.2. The van der Waals surface area contributed by atoms with E-state index in [1.165, 1.54) is 4.90 Å². The molecule has 7 nitrogen and oxygen atoms in total. The van der Waals surface area contributed by atoms with Crippen molar-refractivity contribution in [1.29, 1.82) is 0 Å². The fraction of sp³-hybridized carbons (Fsp3) is 0.280. The van der Waals surface area contributed by atoms with E-state index in [0.29, 0.717) is 11.3 Å². The van der Waals surface area contributed by atoms with Crippen molar-refractivity contribution in [2.45, 2.75) is 11.8 Å². The molecule has 2 aromatic carbocycles. The fourth-order valence-electron chi connectivity index (χ4n) is 3.85. The summed E-state index contributed by atoms with van der Waals surface area (Å²) in [5.41, 5.74) is 2.50. The number of nitrogens with zero attached hydrogens (tertiary/aromatic N) is 3. The Morgan fingerprint density at radius 2 is 2.06 bits per heavy atom. The SMILES string of the molecule is Cc1cc2c(F)c(Oc3ccnc(Nc4cccc(SCCN5CCOCC5)c4)n3)ccc2[nH]1. The van der Waals surface area contributed by atoms with Crippen LogP contribution in [-0.4, -0.2) is 58.5 Å². The van der Waals surface area contributed by atoms with Gasteiger partial charge in [-0.15, -0.1) is 11.8 Å². The molecule has 5 rings (SSSR count). The number of ether oxygens (including phenoxy) is 2. The van der Waals surface area contributed by atoms with Crippen molar-refractivity contribution in [2.75, 3.05) is 43.9 Å². The minimum absolute atomic E-state index is 0.120. The summed E-state index contributed by atoms with van der Waals surface area (Å²) in [6.07, 6.45) is 1.59. The Hall–Kier alpha value is -3.14. The molecule has 0 unspecified atom stereocenters. The van der Waals surface area contributed by atoms with Gasteiger partial charge < -0.3 is 19.8 Å². The number of anilines is 2. The van der Waals surface area contributed by atoms with Crippen molar-refractivity contribution in [3.63, 3.8) is 0 Å². The number of H-pyrrole nitrogens is 1. The lowest BCUT2D eigenvalue weighted by atomic mass is 10.2. The lowest BCUT2D eigenvalue weighted by Crippen LogP contribution is -2.37. The van der Waals surface area contributed by atoms with E-state index < -0.39 is 5.82 Å². The number of aromatic amines is 1. The predicted molar refractivity (Wildman–Crippen MR) is 133 cm³/mol. The molecule has 3 heterocycles. The summed E-state index contributed by atoms with van der Waals surface area (Å²) in [4.78, 5) is 15.4. The van der Waals surface area contributed by atoms with Gasteiger partial charge >= 0.3 is 0 Å². The van der Waals surface area contributed by atoms with Crippen molar-refractivity contribution in [2.24, 2.45) is 0 Å². The van der Waals surface area contributed by atoms with Gasteiger partial charge in [-0.25, -0.2) is 9.37 Å². The first-order valence-corrected chi connectivity index (χ1v) is 12.2. The predicted octanol–water partition coefficient (Wildman–Crippen LogP) is 5.37. The largest absolute Gasteiger partial charge is 0.436 e. The third-order valence-corrected chi connectivity index (χ3v) is 6.53. The van der Waals surface area contributed by atoms with E-state index in [0.717, 1.165) is 55.5 Å². The lowest BCUT2D eigenvalue weighted by Gasteiger charge is -2.26. The number of nitrogens with one attached hydrogen (secondary N) is 2. The van der Waals surface area contributed by atoms with E-state index in [2.05, 4.69) is 37.3 Å². The summed E-state index contributed by atoms with van der Waals surface area (Å²) < 4.78 is 26.0. The van der Waals surface area contributed by atoms with Crippen LogP contribution in [0, 0.1) is 12.7 Å². The van der Waals surface area contributed by atoms with Crippen molar-refractivity contribution < 1.29 is 13.9 Å². The summed E-state index contributed by atoms with van der Waals surface area (Å²) >= 11 is 1.82. The van der Waals surface area contributed by atoms with Crippen molar-refractivity contribution in [3.8, 4) is 11.6 Å². The van der Waals surface area contributed by atoms with Gasteiger partial charge in [-0.3, -0.25) is 4.90 Å². The van der Waals surface area contributed by atoms with Gasteiger partial charge in [0.2, 0.25) is 11.8 Å². The molecule has 176 valence electrons. The summed E-state index contributed by atoms with van der Waals surface area (Å²) in [6.45, 7) is 6.57. The van der Waals surface area contributed by atoms with Crippen LogP contribution in [0.1, 0.15) is 5.69 Å². The molecule has 1 aliphatic heterocycles. The number of rotatable bonds is 8. The number of aromatic nitrogens is 3. The van der Waals surface area contributed by atoms with Crippen molar-refractivity contribution >= 4 is 34.3 Å². The molecule has 0 saturated carbocycles. The van der Waals surface area contributed by atoms with E-state index in [1.54, 1.807) is 30.5 Å². The summed E-state index contributed by atoms with van der Waals surface area (Å²) in [6, 6.07) is 14.9. The average molecular weight is 480 g/mol. The van der Waals surface area contributed by atoms with Gasteiger partial charge in [0.05, 0.1) is 13.2 Å². The normalized spacial score (nSPS) is 14.4. The smallest absolute Gasteiger partial charge is 0.230 e. The lowest BCUT2D eigenvalue weighted by molar-refractivity contribution is 0.0410. The zero-order chi connectivity index (χ0) is 23.3. The van der Waals surface area contributed by atoms with Gasteiger partial charge in [-0.1, -0.05) is 6.07 Å². The van der Waals surface area contributed by atoms with E-state index in [9.17, 15) is 4.39 Å². The molecule has 0 aliphatic carbocycles. The zero-order valence-corrected chi connectivity index (χ0v) is 19.7. The Labute approximate surface area is 201 Å². The molecule has 1 aliphatic rings. The van der Waals surface area contributed by atoms with Crippen LogP contribution in [0.2, 0.25) is 0 Å². The maximum absolute atomic E-state index is 14.9. The Balaban J connectivity index is 1.22. The van der Waals surface area contributed by atoms with Crippen molar-refractivity contribution in [1.82, 2.24) is 19.9 Å². The molecule has 4 aromatic rings. The van der Waals surface area contributed by atoms with E-state index >= 15 is 0 Å². The number of thioether (sulfide) groups is 1. The Kier molecular flexibility index (Phi) is 6.94. The van der Waals surface area contributed by atoms with E-state index in [-0.39, 0.29) is 11.6 Å². The molecule has 0 spiro atoms. The van der Waals surface area contributed by atoms with E-state index in [1.807, 2.05) is 30.8 Å². The van der Waals surface area contributed by atoms with Crippen LogP contribution in [0.3, 0.4) is 0 Å². The second kappa shape index (κ2) is 10.4. The Bertz CT molecular complexity index is 1280. The number of benzene rings is 2. The molecule has 9 heteroatoms. The van der Waals surface area contributed by atoms with Crippen LogP contribution in [0.15, 0.2) is 59.6 Å². The zero-order valence-electron chi connectivity index (χ0n) is 18.9. The monoisotopic (exact) mass is 479 g/mol. The molecule has 1 saturated heterocycles. The Morgan fingerprint density at radius 1 is 1.18 bits per heavy atom. The molecule has 0 amide bonds. The standard InChI is InChI=1S/C25H26FN5O2S/c1-17-15-20-21(28-17)5-6-22(24(20)26)33-23-7-8-27-25(30-23)29-18-3-2-4-19(16-18)34-14-11-31-9-12-32-13-10-31/h2-8,15-16,28H,9-14H2,1H3,(H,27,29,30). The van der Waals surface area contributed by atoms with Gasteiger partial charge in [-0.2, -0.15) is 4.98 Å². The van der Waals surface area contributed by atoms with Gasteiger partial charge in [-0.05, 0) is 43.3 Å². The maximum atomic E-state index is 14.9.